The maximum Gasteiger partial charge on any atom is 0.251 e. The maximum absolute atomic E-state index is 11.6. The number of aliphatic hydroxyl groups excluding tert-OH is 1. The van der Waals surface area contributed by atoms with E-state index in [1.165, 1.54) is 0 Å². The second-order valence-corrected chi connectivity index (χ2v) is 4.16. The molecule has 0 aliphatic heterocycles. The Morgan fingerprint density at radius 3 is 2.56 bits per heavy atom. The third kappa shape index (κ3) is 3.94. The molecule has 0 aromatic heterocycles. The molecule has 0 aliphatic carbocycles. The summed E-state index contributed by atoms with van der Waals surface area (Å²) in [6.07, 6.45) is 0.175. The van der Waals surface area contributed by atoms with Gasteiger partial charge in [0, 0.05) is 17.4 Å². The van der Waals surface area contributed by atoms with Gasteiger partial charge in [0.25, 0.3) is 5.91 Å². The largest absolute Gasteiger partial charge is 0.391 e. The van der Waals surface area contributed by atoms with Gasteiger partial charge in [0.1, 0.15) is 0 Å². The van der Waals surface area contributed by atoms with E-state index >= 15 is 0 Å². The van der Waals surface area contributed by atoms with Gasteiger partial charge in [-0.25, -0.2) is 0 Å². The fraction of sp³-hybridized carbons (Fsp3) is 0.417. The second-order valence-electron chi connectivity index (χ2n) is 3.60. The van der Waals surface area contributed by atoms with Gasteiger partial charge in [-0.3, -0.25) is 4.79 Å². The lowest BCUT2D eigenvalue weighted by molar-refractivity contribution is 0.0914. The van der Waals surface area contributed by atoms with Crippen molar-refractivity contribution >= 4 is 21.8 Å². The summed E-state index contributed by atoms with van der Waals surface area (Å²) < 4.78 is 0. The predicted octanol–water partition coefficient (Wildman–Crippen LogP) is 2.08. The van der Waals surface area contributed by atoms with Gasteiger partial charge in [-0.2, -0.15) is 0 Å². The minimum atomic E-state index is -0.467. The predicted molar refractivity (Wildman–Crippen MR) is 67.7 cm³/mol. The molecular formula is C12H16BrNO2. The molecular weight excluding hydrogens is 270 g/mol. The summed E-state index contributed by atoms with van der Waals surface area (Å²) in [6, 6.07) is 7.37. The quantitative estimate of drug-likeness (QED) is 0.814. The van der Waals surface area contributed by atoms with E-state index in [1.807, 2.05) is 19.1 Å². The standard InChI is InChI=1S/C12H16BrNO2/c1-2-11(15)8-14-12(16)10-5-3-9(7-13)4-6-10/h3-6,11,15H,2,7-8H2,1H3,(H,14,16). The summed E-state index contributed by atoms with van der Waals surface area (Å²) in [5.41, 5.74) is 1.75. The van der Waals surface area contributed by atoms with Crippen LogP contribution in [0.5, 0.6) is 0 Å². The minimum absolute atomic E-state index is 0.145. The number of halogens is 1. The molecule has 0 radical (unpaired) electrons. The SMILES string of the molecule is CCC(O)CNC(=O)c1ccc(CBr)cc1. The molecule has 1 aromatic rings. The molecule has 16 heavy (non-hydrogen) atoms. The Morgan fingerprint density at radius 1 is 1.44 bits per heavy atom. The Labute approximate surface area is 104 Å². The summed E-state index contributed by atoms with van der Waals surface area (Å²) in [5.74, 6) is -0.145. The van der Waals surface area contributed by atoms with E-state index in [1.54, 1.807) is 12.1 Å². The number of benzene rings is 1. The molecule has 0 saturated carbocycles. The van der Waals surface area contributed by atoms with E-state index < -0.39 is 6.10 Å². The third-order valence-electron chi connectivity index (χ3n) is 2.34. The molecule has 1 aromatic carbocycles. The first-order valence-electron chi connectivity index (χ1n) is 5.28. The number of carbonyl (C=O) groups is 1. The average Bonchev–Trinajstić information content (AvgIpc) is 2.35. The van der Waals surface area contributed by atoms with Gasteiger partial charge in [0.15, 0.2) is 0 Å². The molecule has 1 amide bonds. The molecule has 0 spiro atoms. The number of carbonyl (C=O) groups excluding carboxylic acids is 1. The van der Waals surface area contributed by atoms with E-state index in [2.05, 4.69) is 21.2 Å². The second kappa shape index (κ2) is 6.66. The van der Waals surface area contributed by atoms with Crippen LogP contribution in [0, 0.1) is 0 Å². The fourth-order valence-electron chi connectivity index (χ4n) is 1.20. The monoisotopic (exact) mass is 285 g/mol. The van der Waals surface area contributed by atoms with E-state index in [4.69, 9.17) is 0 Å². The highest BCUT2D eigenvalue weighted by Crippen LogP contribution is 2.07. The summed E-state index contributed by atoms with van der Waals surface area (Å²) >= 11 is 3.34. The van der Waals surface area contributed by atoms with Crippen LogP contribution >= 0.6 is 15.9 Å². The molecule has 0 bridgehead atoms. The van der Waals surface area contributed by atoms with Crippen molar-refractivity contribution in [2.24, 2.45) is 0 Å². The van der Waals surface area contributed by atoms with Crippen molar-refractivity contribution in [3.8, 4) is 0 Å². The summed E-state index contributed by atoms with van der Waals surface area (Å²) in [4.78, 5) is 11.6. The van der Waals surface area contributed by atoms with Crippen molar-refractivity contribution in [1.29, 1.82) is 0 Å². The van der Waals surface area contributed by atoms with Crippen LogP contribution in [0.1, 0.15) is 29.3 Å². The molecule has 0 aliphatic rings. The van der Waals surface area contributed by atoms with Gasteiger partial charge in [0.05, 0.1) is 6.10 Å². The summed E-state index contributed by atoms with van der Waals surface area (Å²) in [5, 5.41) is 12.8. The molecule has 4 heteroatoms. The number of aliphatic hydroxyl groups is 1. The lowest BCUT2D eigenvalue weighted by Crippen LogP contribution is -2.31. The lowest BCUT2D eigenvalue weighted by atomic mass is 10.1. The van der Waals surface area contributed by atoms with Crippen molar-refractivity contribution in [3.05, 3.63) is 35.4 Å². The van der Waals surface area contributed by atoms with Crippen LogP contribution in [0.2, 0.25) is 0 Å². The van der Waals surface area contributed by atoms with Gasteiger partial charge < -0.3 is 10.4 Å². The highest BCUT2D eigenvalue weighted by atomic mass is 79.9. The Morgan fingerprint density at radius 2 is 2.06 bits per heavy atom. The Kier molecular flexibility index (Phi) is 5.49. The molecule has 0 fully saturated rings. The number of hydrogen-bond donors (Lipinski definition) is 2. The van der Waals surface area contributed by atoms with E-state index in [0.717, 1.165) is 10.9 Å². The highest BCUT2D eigenvalue weighted by molar-refractivity contribution is 9.08. The fourth-order valence-corrected chi connectivity index (χ4v) is 1.58. The first-order valence-corrected chi connectivity index (χ1v) is 6.40. The van der Waals surface area contributed by atoms with Crippen LogP contribution in [0.15, 0.2) is 24.3 Å². The maximum atomic E-state index is 11.6. The van der Waals surface area contributed by atoms with Crippen molar-refractivity contribution in [2.75, 3.05) is 6.54 Å². The Hall–Kier alpha value is -0.870. The third-order valence-corrected chi connectivity index (χ3v) is 2.99. The van der Waals surface area contributed by atoms with Crippen LogP contribution in [-0.2, 0) is 5.33 Å². The topological polar surface area (TPSA) is 49.3 Å². The summed E-state index contributed by atoms with van der Waals surface area (Å²) in [6.45, 7) is 2.18. The molecule has 2 N–H and O–H groups in total. The number of rotatable bonds is 5. The van der Waals surface area contributed by atoms with Gasteiger partial charge >= 0.3 is 0 Å². The number of alkyl halides is 1. The van der Waals surface area contributed by atoms with Gasteiger partial charge in [-0.05, 0) is 24.1 Å². The van der Waals surface area contributed by atoms with Crippen LogP contribution < -0.4 is 5.32 Å². The van der Waals surface area contributed by atoms with E-state index in [9.17, 15) is 9.90 Å². The first-order chi connectivity index (χ1) is 7.67. The lowest BCUT2D eigenvalue weighted by Gasteiger charge is -2.09. The molecule has 3 nitrogen and oxygen atoms in total. The number of amides is 1. The van der Waals surface area contributed by atoms with Crippen LogP contribution in [-0.4, -0.2) is 23.7 Å². The van der Waals surface area contributed by atoms with E-state index in [-0.39, 0.29) is 5.91 Å². The Balaban J connectivity index is 2.52. The Bertz CT molecular complexity index is 337. The molecule has 1 rings (SSSR count). The summed E-state index contributed by atoms with van der Waals surface area (Å²) in [7, 11) is 0. The van der Waals surface area contributed by atoms with Gasteiger partial charge in [-0.15, -0.1) is 0 Å². The van der Waals surface area contributed by atoms with E-state index in [0.29, 0.717) is 18.5 Å². The van der Waals surface area contributed by atoms with Crippen molar-refractivity contribution < 1.29 is 9.90 Å². The van der Waals surface area contributed by atoms with Crippen molar-refractivity contribution in [2.45, 2.75) is 24.8 Å². The molecule has 1 unspecified atom stereocenters. The van der Waals surface area contributed by atoms with Crippen molar-refractivity contribution in [3.63, 3.8) is 0 Å². The number of nitrogens with one attached hydrogen (secondary N) is 1. The van der Waals surface area contributed by atoms with Gasteiger partial charge in [-0.1, -0.05) is 35.0 Å². The smallest absolute Gasteiger partial charge is 0.251 e. The zero-order chi connectivity index (χ0) is 12.0. The molecule has 1 atom stereocenters. The number of hydrogen-bond acceptors (Lipinski definition) is 2. The van der Waals surface area contributed by atoms with Gasteiger partial charge in [0.2, 0.25) is 0 Å². The zero-order valence-electron chi connectivity index (χ0n) is 9.24. The first kappa shape index (κ1) is 13.2. The van der Waals surface area contributed by atoms with Crippen LogP contribution in [0.4, 0.5) is 0 Å². The minimum Gasteiger partial charge on any atom is -0.391 e. The van der Waals surface area contributed by atoms with Crippen LogP contribution in [0.3, 0.4) is 0 Å². The molecule has 0 saturated heterocycles. The zero-order valence-corrected chi connectivity index (χ0v) is 10.8. The molecule has 0 heterocycles. The van der Waals surface area contributed by atoms with Crippen molar-refractivity contribution in [1.82, 2.24) is 5.32 Å². The molecule has 88 valence electrons. The average molecular weight is 286 g/mol. The highest BCUT2D eigenvalue weighted by Gasteiger charge is 2.07. The normalized spacial score (nSPS) is 12.2. The van der Waals surface area contributed by atoms with Crippen LogP contribution in [0.25, 0.3) is 0 Å².